The molecule has 0 N–H and O–H groups in total. The number of benzene rings is 1. The van der Waals surface area contributed by atoms with E-state index in [0.717, 1.165) is 30.1 Å². The van der Waals surface area contributed by atoms with Crippen molar-refractivity contribution in [2.24, 2.45) is 5.92 Å². The van der Waals surface area contributed by atoms with E-state index in [0.29, 0.717) is 11.9 Å². The lowest BCUT2D eigenvalue weighted by atomic mass is 9.86. The van der Waals surface area contributed by atoms with Crippen molar-refractivity contribution in [3.63, 3.8) is 0 Å². The van der Waals surface area contributed by atoms with Gasteiger partial charge in [-0.05, 0) is 61.8 Å². The molecule has 2 nitrogen and oxygen atoms in total. The first-order valence-electron chi connectivity index (χ1n) is 8.33. The Morgan fingerprint density at radius 3 is 2.39 bits per heavy atom. The molecule has 0 atom stereocenters. The van der Waals surface area contributed by atoms with Crippen molar-refractivity contribution in [3.8, 4) is 5.75 Å². The Balaban J connectivity index is 2.00. The molecule has 1 aromatic rings. The van der Waals surface area contributed by atoms with Crippen LogP contribution in [0.3, 0.4) is 0 Å². The van der Waals surface area contributed by atoms with Crippen molar-refractivity contribution in [3.05, 3.63) is 47.8 Å². The Bertz CT molecular complexity index is 578. The van der Waals surface area contributed by atoms with Crippen LogP contribution >= 0.6 is 0 Å². The second kappa shape index (κ2) is 8.09. The van der Waals surface area contributed by atoms with E-state index >= 15 is 0 Å². The topological polar surface area (TPSA) is 26.3 Å². The molecule has 1 fully saturated rings. The van der Waals surface area contributed by atoms with E-state index in [1.54, 1.807) is 6.92 Å². The van der Waals surface area contributed by atoms with Crippen molar-refractivity contribution < 1.29 is 13.9 Å². The summed E-state index contributed by atoms with van der Waals surface area (Å²) in [5.41, 5.74) is 1.01. The summed E-state index contributed by atoms with van der Waals surface area (Å²) in [6, 6.07) is 7.36. The summed E-state index contributed by atoms with van der Waals surface area (Å²) < 4.78 is 20.0. The Kier molecular flexibility index (Phi) is 6.14. The van der Waals surface area contributed by atoms with Gasteiger partial charge >= 0.3 is 0 Å². The third-order valence-corrected chi connectivity index (χ3v) is 4.71. The highest BCUT2D eigenvalue weighted by atomic mass is 19.1. The number of rotatable bonds is 6. The minimum absolute atomic E-state index is 0.129. The molecule has 23 heavy (non-hydrogen) atoms. The number of aldehydes is 1. The van der Waals surface area contributed by atoms with E-state index in [1.807, 2.05) is 24.3 Å². The number of carbonyl (C=O) groups excluding carboxylic acids is 1. The quantitative estimate of drug-likeness (QED) is 0.394. The number of halogens is 1. The maximum absolute atomic E-state index is 13.9. The van der Waals surface area contributed by atoms with Gasteiger partial charge in [-0.1, -0.05) is 32.1 Å². The van der Waals surface area contributed by atoms with Crippen molar-refractivity contribution in [2.75, 3.05) is 0 Å². The first kappa shape index (κ1) is 17.5. The molecule has 0 aromatic heterocycles. The lowest BCUT2D eigenvalue weighted by molar-refractivity contribution is -0.104. The summed E-state index contributed by atoms with van der Waals surface area (Å²) in [6.07, 6.45) is 6.65. The summed E-state index contributed by atoms with van der Waals surface area (Å²) in [4.78, 5) is 10.6. The first-order valence-corrected chi connectivity index (χ1v) is 8.33. The van der Waals surface area contributed by atoms with E-state index < -0.39 is 5.83 Å². The van der Waals surface area contributed by atoms with Crippen molar-refractivity contribution >= 4 is 11.9 Å². The summed E-state index contributed by atoms with van der Waals surface area (Å²) >= 11 is 0. The minimum atomic E-state index is -0.563. The molecule has 0 spiro atoms. The fraction of sp³-hybridized carbons (Fsp3) is 0.450. The number of hydrogen-bond donors (Lipinski definition) is 0. The molecule has 0 amide bonds. The molecule has 1 aromatic carbocycles. The van der Waals surface area contributed by atoms with E-state index in [9.17, 15) is 9.18 Å². The van der Waals surface area contributed by atoms with Gasteiger partial charge in [0.2, 0.25) is 0 Å². The molecule has 1 aliphatic carbocycles. The molecule has 3 heteroatoms. The molecule has 0 bridgehead atoms. The first-order chi connectivity index (χ1) is 11.0. The number of carbonyl (C=O) groups is 1. The molecule has 0 unspecified atom stereocenters. The normalized spacial score (nSPS) is 22.2. The molecule has 1 aliphatic rings. The van der Waals surface area contributed by atoms with Crippen molar-refractivity contribution in [2.45, 2.75) is 52.1 Å². The van der Waals surface area contributed by atoms with E-state index in [4.69, 9.17) is 4.74 Å². The van der Waals surface area contributed by atoms with Gasteiger partial charge in [0.1, 0.15) is 11.6 Å². The fourth-order valence-corrected chi connectivity index (χ4v) is 3.05. The predicted molar refractivity (Wildman–Crippen MR) is 92.0 cm³/mol. The molecular weight excluding hydrogens is 291 g/mol. The molecule has 0 heterocycles. The summed E-state index contributed by atoms with van der Waals surface area (Å²) in [6.45, 7) is 7.30. The van der Waals surface area contributed by atoms with Gasteiger partial charge in [0.05, 0.1) is 6.10 Å². The Labute approximate surface area is 138 Å². The molecule has 1 saturated carbocycles. The van der Waals surface area contributed by atoms with E-state index in [2.05, 4.69) is 13.5 Å². The number of hydrogen-bond acceptors (Lipinski definition) is 2. The van der Waals surface area contributed by atoms with E-state index in [1.165, 1.54) is 19.3 Å². The zero-order chi connectivity index (χ0) is 16.8. The van der Waals surface area contributed by atoms with Crippen LogP contribution in [0.4, 0.5) is 4.39 Å². The van der Waals surface area contributed by atoms with Crippen LogP contribution < -0.4 is 4.74 Å². The standard InChI is InChI=1S/C20H25FO2/c1-4-16-5-9-18(10-6-16)23-19-11-7-17(8-12-19)15(3)20(21)14(2)13-22/h7-8,11-13,16,18H,2,4-6,9-10H2,1,3H3/b20-15-. The SMILES string of the molecule is C=C(C=O)/C(F)=C(\C)c1ccc(OC2CCC(CC)CC2)cc1. The van der Waals surface area contributed by atoms with Gasteiger partial charge in [0, 0.05) is 5.57 Å². The molecule has 2 rings (SSSR count). The lowest BCUT2D eigenvalue weighted by Crippen LogP contribution is -2.23. The number of allylic oxidation sites excluding steroid dienone is 3. The molecule has 0 radical (unpaired) electrons. The molecular formula is C20H25FO2. The van der Waals surface area contributed by atoms with E-state index in [-0.39, 0.29) is 11.7 Å². The Hall–Kier alpha value is -1.90. The zero-order valence-corrected chi connectivity index (χ0v) is 14.0. The van der Waals surface area contributed by atoms with Crippen molar-refractivity contribution in [1.29, 1.82) is 0 Å². The van der Waals surface area contributed by atoms with Crippen LogP contribution in [0.15, 0.2) is 42.2 Å². The van der Waals surface area contributed by atoms with Crippen LogP contribution in [0.5, 0.6) is 5.75 Å². The monoisotopic (exact) mass is 316 g/mol. The minimum Gasteiger partial charge on any atom is -0.490 e. The number of ether oxygens (including phenoxy) is 1. The van der Waals surface area contributed by atoms with Gasteiger partial charge in [-0.3, -0.25) is 4.79 Å². The van der Waals surface area contributed by atoms with Crippen LogP contribution in [0.25, 0.3) is 5.57 Å². The van der Waals surface area contributed by atoms with Gasteiger partial charge in [-0.2, -0.15) is 0 Å². The average molecular weight is 316 g/mol. The summed E-state index contributed by atoms with van der Waals surface area (Å²) in [7, 11) is 0. The summed E-state index contributed by atoms with van der Waals surface area (Å²) in [5, 5.41) is 0. The Morgan fingerprint density at radius 1 is 1.26 bits per heavy atom. The van der Waals surface area contributed by atoms with Crippen LogP contribution in [0, 0.1) is 5.92 Å². The van der Waals surface area contributed by atoms with Crippen LogP contribution in [0.1, 0.15) is 51.5 Å². The van der Waals surface area contributed by atoms with Gasteiger partial charge < -0.3 is 4.74 Å². The highest BCUT2D eigenvalue weighted by Gasteiger charge is 2.21. The second-order valence-corrected chi connectivity index (χ2v) is 6.28. The summed E-state index contributed by atoms with van der Waals surface area (Å²) in [5.74, 6) is 1.10. The Morgan fingerprint density at radius 2 is 1.87 bits per heavy atom. The highest BCUT2D eigenvalue weighted by Crippen LogP contribution is 2.30. The van der Waals surface area contributed by atoms with Crippen LogP contribution in [-0.4, -0.2) is 12.4 Å². The predicted octanol–water partition coefficient (Wildman–Crippen LogP) is 5.49. The largest absolute Gasteiger partial charge is 0.490 e. The molecule has 0 aliphatic heterocycles. The third-order valence-electron chi connectivity index (χ3n) is 4.71. The van der Waals surface area contributed by atoms with Gasteiger partial charge in [0.15, 0.2) is 6.29 Å². The van der Waals surface area contributed by atoms with Gasteiger partial charge in [-0.25, -0.2) is 4.39 Å². The fourth-order valence-electron chi connectivity index (χ4n) is 3.05. The molecule has 124 valence electrons. The molecule has 0 saturated heterocycles. The van der Waals surface area contributed by atoms with Gasteiger partial charge in [0.25, 0.3) is 0 Å². The third kappa shape index (κ3) is 4.54. The average Bonchev–Trinajstić information content (AvgIpc) is 2.61. The zero-order valence-electron chi connectivity index (χ0n) is 14.0. The smallest absolute Gasteiger partial charge is 0.152 e. The lowest BCUT2D eigenvalue weighted by Gasteiger charge is -2.28. The van der Waals surface area contributed by atoms with Gasteiger partial charge in [-0.15, -0.1) is 0 Å². The van der Waals surface area contributed by atoms with Crippen LogP contribution in [0.2, 0.25) is 0 Å². The van der Waals surface area contributed by atoms with Crippen LogP contribution in [-0.2, 0) is 4.79 Å². The maximum Gasteiger partial charge on any atom is 0.152 e. The second-order valence-electron chi connectivity index (χ2n) is 6.28. The van der Waals surface area contributed by atoms with Crippen molar-refractivity contribution in [1.82, 2.24) is 0 Å². The highest BCUT2D eigenvalue weighted by molar-refractivity contribution is 5.84. The maximum atomic E-state index is 13.9.